The molecule has 0 atom stereocenters. The van der Waals surface area contributed by atoms with Crippen LogP contribution in [0.3, 0.4) is 0 Å². The number of aryl methyl sites for hydroxylation is 1. The van der Waals surface area contributed by atoms with Gasteiger partial charge in [-0.25, -0.2) is 0 Å². The fourth-order valence-electron chi connectivity index (χ4n) is 1.51. The number of carbonyl (C=O) groups is 1. The summed E-state index contributed by atoms with van der Waals surface area (Å²) in [4.78, 5) is 23.2. The van der Waals surface area contributed by atoms with Gasteiger partial charge in [0.15, 0.2) is 0 Å². The number of halogens is 1. The van der Waals surface area contributed by atoms with E-state index in [0.717, 1.165) is 0 Å². The van der Waals surface area contributed by atoms with Crippen molar-refractivity contribution in [1.29, 1.82) is 0 Å². The summed E-state index contributed by atoms with van der Waals surface area (Å²) in [7, 11) is 0. The average molecular weight is 267 g/mol. The van der Waals surface area contributed by atoms with Gasteiger partial charge in [0.2, 0.25) is 5.22 Å². The van der Waals surface area contributed by atoms with Crippen molar-refractivity contribution >= 4 is 23.2 Å². The van der Waals surface area contributed by atoms with Crippen LogP contribution in [-0.2, 0) is 6.54 Å². The quantitative estimate of drug-likeness (QED) is 0.928. The Morgan fingerprint density at radius 3 is 2.83 bits per heavy atom. The second kappa shape index (κ2) is 5.10. The number of rotatable bonds is 3. The number of carbonyl (C=O) groups excluding carboxylic acids is 1. The van der Waals surface area contributed by atoms with Gasteiger partial charge in [-0.2, -0.15) is 0 Å². The monoisotopic (exact) mass is 266 g/mol. The van der Waals surface area contributed by atoms with Crippen molar-refractivity contribution in [1.82, 2.24) is 4.57 Å². The number of hydrogen-bond donors (Lipinski definition) is 1. The largest absolute Gasteiger partial charge is 0.452 e. The van der Waals surface area contributed by atoms with E-state index >= 15 is 0 Å². The molecule has 18 heavy (non-hydrogen) atoms. The highest BCUT2D eigenvalue weighted by molar-refractivity contribution is 6.32. The number of nitrogens with one attached hydrogen (secondary N) is 1. The minimum atomic E-state index is -0.380. The molecule has 6 heteroatoms. The fraction of sp³-hybridized carbons (Fsp3) is 0.167. The average Bonchev–Trinajstić information content (AvgIpc) is 2.78. The summed E-state index contributed by atoms with van der Waals surface area (Å²) < 4.78 is 6.33. The van der Waals surface area contributed by atoms with E-state index in [1.54, 1.807) is 12.3 Å². The number of pyridine rings is 1. The van der Waals surface area contributed by atoms with Gasteiger partial charge in [0.1, 0.15) is 0 Å². The fourth-order valence-corrected chi connectivity index (χ4v) is 1.71. The Balaban J connectivity index is 2.22. The van der Waals surface area contributed by atoms with E-state index in [9.17, 15) is 9.59 Å². The molecule has 1 amide bonds. The highest BCUT2D eigenvalue weighted by Gasteiger charge is 2.13. The predicted molar refractivity (Wildman–Crippen MR) is 68.0 cm³/mol. The summed E-state index contributed by atoms with van der Waals surface area (Å²) in [5.74, 6) is -0.380. The first-order valence-corrected chi connectivity index (χ1v) is 5.74. The second-order valence-electron chi connectivity index (χ2n) is 3.60. The molecule has 0 unspecified atom stereocenters. The molecular formula is C12H11ClN2O3. The molecule has 2 aromatic rings. The Hall–Kier alpha value is -2.01. The van der Waals surface area contributed by atoms with Gasteiger partial charge in [-0.05, 0) is 30.7 Å². The SMILES string of the molecule is CCn1cc(NC(=O)c2ccoc2Cl)ccc1=O. The van der Waals surface area contributed by atoms with Gasteiger partial charge in [0, 0.05) is 18.8 Å². The molecule has 0 saturated carbocycles. The first-order valence-electron chi connectivity index (χ1n) is 5.36. The van der Waals surface area contributed by atoms with Gasteiger partial charge in [0.25, 0.3) is 11.5 Å². The van der Waals surface area contributed by atoms with Gasteiger partial charge in [-0.1, -0.05) is 0 Å². The molecule has 0 radical (unpaired) electrons. The molecule has 0 aliphatic rings. The summed E-state index contributed by atoms with van der Waals surface area (Å²) in [5, 5.41) is 2.68. The molecule has 2 rings (SSSR count). The van der Waals surface area contributed by atoms with Gasteiger partial charge < -0.3 is 14.3 Å². The van der Waals surface area contributed by atoms with Crippen molar-refractivity contribution in [2.24, 2.45) is 0 Å². The van der Waals surface area contributed by atoms with E-state index in [0.29, 0.717) is 12.2 Å². The van der Waals surface area contributed by atoms with Crippen LogP contribution >= 0.6 is 11.6 Å². The van der Waals surface area contributed by atoms with Crippen LogP contribution in [0.4, 0.5) is 5.69 Å². The first kappa shape index (κ1) is 12.4. The van der Waals surface area contributed by atoms with Crippen LogP contribution in [0.1, 0.15) is 17.3 Å². The van der Waals surface area contributed by atoms with Crippen molar-refractivity contribution in [3.63, 3.8) is 0 Å². The molecule has 0 aromatic carbocycles. The number of anilines is 1. The molecule has 5 nitrogen and oxygen atoms in total. The number of nitrogens with zero attached hydrogens (tertiary/aromatic N) is 1. The van der Waals surface area contributed by atoms with Crippen LogP contribution in [0.25, 0.3) is 0 Å². The highest BCUT2D eigenvalue weighted by atomic mass is 35.5. The molecular weight excluding hydrogens is 256 g/mol. The Kier molecular flexibility index (Phi) is 3.53. The summed E-state index contributed by atoms with van der Waals surface area (Å²) in [6, 6.07) is 4.42. The Morgan fingerprint density at radius 2 is 2.22 bits per heavy atom. The van der Waals surface area contributed by atoms with E-state index in [2.05, 4.69) is 5.32 Å². The van der Waals surface area contributed by atoms with Crippen molar-refractivity contribution < 1.29 is 9.21 Å². The van der Waals surface area contributed by atoms with E-state index < -0.39 is 0 Å². The number of furan rings is 1. The van der Waals surface area contributed by atoms with E-state index in [-0.39, 0.29) is 22.2 Å². The lowest BCUT2D eigenvalue weighted by Gasteiger charge is -2.07. The van der Waals surface area contributed by atoms with Gasteiger partial charge >= 0.3 is 0 Å². The third-order valence-corrected chi connectivity index (χ3v) is 2.74. The molecule has 0 bridgehead atoms. The Labute approximate surface area is 108 Å². The lowest BCUT2D eigenvalue weighted by molar-refractivity contribution is 0.102. The molecule has 0 saturated heterocycles. The topological polar surface area (TPSA) is 64.2 Å². The van der Waals surface area contributed by atoms with Gasteiger partial charge in [0.05, 0.1) is 17.5 Å². The Bertz CT molecular complexity index is 630. The van der Waals surface area contributed by atoms with Gasteiger partial charge in [-0.15, -0.1) is 0 Å². The molecule has 0 fully saturated rings. The van der Waals surface area contributed by atoms with Crippen LogP contribution in [-0.4, -0.2) is 10.5 Å². The predicted octanol–water partition coefficient (Wildman–Crippen LogP) is 2.37. The lowest BCUT2D eigenvalue weighted by atomic mass is 10.3. The van der Waals surface area contributed by atoms with Crippen LogP contribution in [0.2, 0.25) is 5.22 Å². The van der Waals surface area contributed by atoms with Crippen molar-refractivity contribution in [2.45, 2.75) is 13.5 Å². The minimum absolute atomic E-state index is 0.0383. The summed E-state index contributed by atoms with van der Waals surface area (Å²) >= 11 is 5.70. The van der Waals surface area contributed by atoms with Crippen LogP contribution in [0.5, 0.6) is 0 Å². The zero-order valence-electron chi connectivity index (χ0n) is 9.64. The summed E-state index contributed by atoms with van der Waals surface area (Å²) in [5.41, 5.74) is 0.668. The zero-order valence-corrected chi connectivity index (χ0v) is 10.4. The summed E-state index contributed by atoms with van der Waals surface area (Å²) in [6.07, 6.45) is 2.92. The number of amides is 1. The Morgan fingerprint density at radius 1 is 1.44 bits per heavy atom. The van der Waals surface area contributed by atoms with Crippen LogP contribution < -0.4 is 10.9 Å². The third-order valence-electron chi connectivity index (χ3n) is 2.44. The van der Waals surface area contributed by atoms with Gasteiger partial charge in [-0.3, -0.25) is 9.59 Å². The minimum Gasteiger partial charge on any atom is -0.452 e. The molecule has 2 aromatic heterocycles. The first-order chi connectivity index (χ1) is 8.61. The van der Waals surface area contributed by atoms with Crippen molar-refractivity contribution in [3.8, 4) is 0 Å². The molecule has 0 aliphatic carbocycles. The van der Waals surface area contributed by atoms with Crippen LogP contribution in [0.15, 0.2) is 39.9 Å². The molecule has 94 valence electrons. The maximum Gasteiger partial charge on any atom is 0.260 e. The summed E-state index contributed by atoms with van der Waals surface area (Å²) in [6.45, 7) is 2.38. The van der Waals surface area contributed by atoms with Crippen LogP contribution in [0, 0.1) is 0 Å². The smallest absolute Gasteiger partial charge is 0.260 e. The molecule has 0 aliphatic heterocycles. The lowest BCUT2D eigenvalue weighted by Crippen LogP contribution is -2.19. The maximum atomic E-state index is 11.8. The van der Waals surface area contributed by atoms with Crippen molar-refractivity contribution in [3.05, 3.63) is 51.8 Å². The maximum absolute atomic E-state index is 11.8. The van der Waals surface area contributed by atoms with E-state index in [1.165, 1.54) is 23.0 Å². The zero-order chi connectivity index (χ0) is 13.1. The molecule has 0 spiro atoms. The van der Waals surface area contributed by atoms with E-state index in [4.69, 9.17) is 16.0 Å². The third kappa shape index (κ3) is 2.46. The number of aromatic nitrogens is 1. The molecule has 2 heterocycles. The normalized spacial score (nSPS) is 10.3. The second-order valence-corrected chi connectivity index (χ2v) is 3.95. The molecule has 1 N–H and O–H groups in total. The van der Waals surface area contributed by atoms with Crippen molar-refractivity contribution in [2.75, 3.05) is 5.32 Å². The highest BCUT2D eigenvalue weighted by Crippen LogP contribution is 2.18. The number of hydrogen-bond acceptors (Lipinski definition) is 3. The van der Waals surface area contributed by atoms with E-state index in [1.807, 2.05) is 6.92 Å². The standard InChI is InChI=1S/C12H11ClN2O3/c1-2-15-7-8(3-4-10(15)16)14-12(17)9-5-6-18-11(9)13/h3-7H,2H2,1H3,(H,14,17).